The van der Waals surface area contributed by atoms with Gasteiger partial charge in [0.1, 0.15) is 0 Å². The van der Waals surface area contributed by atoms with Crippen molar-refractivity contribution < 1.29 is 4.79 Å². The third-order valence-electron chi connectivity index (χ3n) is 4.67. The van der Waals surface area contributed by atoms with Gasteiger partial charge in [-0.05, 0) is 42.3 Å². The van der Waals surface area contributed by atoms with Gasteiger partial charge in [0.25, 0.3) is 5.91 Å². The Bertz CT molecular complexity index is 1120. The van der Waals surface area contributed by atoms with Gasteiger partial charge in [0.2, 0.25) is 0 Å². The summed E-state index contributed by atoms with van der Waals surface area (Å²) in [7, 11) is 0. The molecule has 0 fully saturated rings. The first-order valence-electron chi connectivity index (χ1n) is 9.16. The highest BCUT2D eigenvalue weighted by Crippen LogP contribution is 2.27. The molecule has 4 nitrogen and oxygen atoms in total. The Morgan fingerprint density at radius 2 is 1.61 bits per heavy atom. The van der Waals surface area contributed by atoms with Gasteiger partial charge in [0.15, 0.2) is 0 Å². The molecule has 0 saturated heterocycles. The summed E-state index contributed by atoms with van der Waals surface area (Å²) >= 11 is 6.23. The molecular formula is C23H20ClN3O. The molecule has 0 bridgehead atoms. The molecule has 1 aromatic heterocycles. The molecule has 0 spiro atoms. The van der Waals surface area contributed by atoms with Crippen molar-refractivity contribution in [1.29, 1.82) is 0 Å². The molecule has 0 aliphatic rings. The van der Waals surface area contributed by atoms with Gasteiger partial charge >= 0.3 is 0 Å². The number of amides is 1. The summed E-state index contributed by atoms with van der Waals surface area (Å²) in [6.45, 7) is 0.557. The average molecular weight is 390 g/mol. The van der Waals surface area contributed by atoms with Crippen LogP contribution in [-0.2, 0) is 6.42 Å². The van der Waals surface area contributed by atoms with Crippen molar-refractivity contribution >= 4 is 39.8 Å². The van der Waals surface area contributed by atoms with Gasteiger partial charge in [-0.25, -0.2) is 0 Å². The number of fused-ring (bicyclic) bond motifs is 1. The fourth-order valence-electron chi connectivity index (χ4n) is 3.24. The third-order valence-corrected chi connectivity index (χ3v) is 5.00. The lowest BCUT2D eigenvalue weighted by Crippen LogP contribution is -2.26. The summed E-state index contributed by atoms with van der Waals surface area (Å²) in [5.41, 5.74) is 4.38. The topological polar surface area (TPSA) is 56.9 Å². The molecule has 28 heavy (non-hydrogen) atoms. The molecule has 5 heteroatoms. The summed E-state index contributed by atoms with van der Waals surface area (Å²) < 4.78 is 0. The number of halogens is 1. The quantitative estimate of drug-likeness (QED) is 0.405. The van der Waals surface area contributed by atoms with Gasteiger partial charge < -0.3 is 15.6 Å². The smallest absolute Gasteiger partial charge is 0.253 e. The fraction of sp³-hybridized carbons (Fsp3) is 0.0870. The van der Waals surface area contributed by atoms with E-state index >= 15 is 0 Å². The van der Waals surface area contributed by atoms with E-state index in [1.165, 1.54) is 10.9 Å². The van der Waals surface area contributed by atoms with Crippen LogP contribution < -0.4 is 10.6 Å². The van der Waals surface area contributed by atoms with E-state index in [-0.39, 0.29) is 5.91 Å². The summed E-state index contributed by atoms with van der Waals surface area (Å²) in [4.78, 5) is 16.0. The molecule has 4 aromatic rings. The lowest BCUT2D eigenvalue weighted by Gasteiger charge is -2.13. The highest BCUT2D eigenvalue weighted by molar-refractivity contribution is 6.33. The fourth-order valence-corrected chi connectivity index (χ4v) is 3.43. The van der Waals surface area contributed by atoms with E-state index in [4.69, 9.17) is 11.6 Å². The molecule has 1 heterocycles. The molecule has 0 radical (unpaired) electrons. The Balaban J connectivity index is 1.44. The summed E-state index contributed by atoms with van der Waals surface area (Å²) in [5.74, 6) is -0.116. The largest absolute Gasteiger partial charge is 0.361 e. The molecule has 4 rings (SSSR count). The Hall–Kier alpha value is -3.24. The molecule has 0 aliphatic carbocycles. The lowest BCUT2D eigenvalue weighted by molar-refractivity contribution is 0.0955. The Labute approximate surface area is 168 Å². The second-order valence-corrected chi connectivity index (χ2v) is 6.92. The van der Waals surface area contributed by atoms with Crippen molar-refractivity contribution in [3.63, 3.8) is 0 Å². The average Bonchev–Trinajstić information content (AvgIpc) is 3.13. The Morgan fingerprint density at radius 3 is 2.46 bits per heavy atom. The van der Waals surface area contributed by atoms with Crippen LogP contribution in [0.15, 0.2) is 79.0 Å². The zero-order chi connectivity index (χ0) is 19.3. The number of nitrogens with one attached hydrogen (secondary N) is 3. The van der Waals surface area contributed by atoms with Crippen LogP contribution in [0.3, 0.4) is 0 Å². The number of H-pyrrole nitrogens is 1. The van der Waals surface area contributed by atoms with Crippen molar-refractivity contribution in [1.82, 2.24) is 10.3 Å². The van der Waals surface area contributed by atoms with Gasteiger partial charge in [0.05, 0.1) is 22.0 Å². The SMILES string of the molecule is O=C(NCCc1c[nH]c2ccccc12)c1ccccc1Nc1ccccc1Cl. The molecule has 0 saturated carbocycles. The van der Waals surface area contributed by atoms with E-state index in [0.717, 1.165) is 23.3 Å². The van der Waals surface area contributed by atoms with E-state index in [9.17, 15) is 4.79 Å². The summed E-state index contributed by atoms with van der Waals surface area (Å²) in [6, 6.07) is 23.1. The van der Waals surface area contributed by atoms with E-state index in [0.29, 0.717) is 17.1 Å². The predicted molar refractivity (Wildman–Crippen MR) is 116 cm³/mol. The van der Waals surface area contributed by atoms with E-state index in [2.05, 4.69) is 21.7 Å². The van der Waals surface area contributed by atoms with Crippen LogP contribution in [-0.4, -0.2) is 17.4 Å². The first kappa shape index (κ1) is 18.1. The van der Waals surface area contributed by atoms with Gasteiger partial charge in [-0.1, -0.05) is 54.1 Å². The van der Waals surface area contributed by atoms with E-state index in [1.54, 1.807) is 6.07 Å². The maximum Gasteiger partial charge on any atom is 0.253 e. The van der Waals surface area contributed by atoms with Crippen LogP contribution in [0.1, 0.15) is 15.9 Å². The summed E-state index contributed by atoms with van der Waals surface area (Å²) in [5, 5.41) is 8.07. The number of aromatic nitrogens is 1. The third kappa shape index (κ3) is 3.87. The molecule has 0 atom stereocenters. The zero-order valence-electron chi connectivity index (χ0n) is 15.2. The van der Waals surface area contributed by atoms with Crippen LogP contribution >= 0.6 is 11.6 Å². The summed E-state index contributed by atoms with van der Waals surface area (Å²) in [6.07, 6.45) is 2.76. The van der Waals surface area contributed by atoms with Crippen molar-refractivity contribution in [2.24, 2.45) is 0 Å². The lowest BCUT2D eigenvalue weighted by atomic mass is 10.1. The first-order chi connectivity index (χ1) is 13.7. The molecule has 3 aromatic carbocycles. The van der Waals surface area contributed by atoms with Crippen LogP contribution in [0, 0.1) is 0 Å². The number of hydrogen-bond donors (Lipinski definition) is 3. The molecular weight excluding hydrogens is 370 g/mol. The zero-order valence-corrected chi connectivity index (χ0v) is 16.0. The highest BCUT2D eigenvalue weighted by atomic mass is 35.5. The van der Waals surface area contributed by atoms with Crippen LogP contribution in [0.4, 0.5) is 11.4 Å². The molecule has 1 amide bonds. The van der Waals surface area contributed by atoms with E-state index in [1.807, 2.05) is 66.9 Å². The van der Waals surface area contributed by atoms with Crippen LogP contribution in [0.2, 0.25) is 5.02 Å². The van der Waals surface area contributed by atoms with Crippen LogP contribution in [0.5, 0.6) is 0 Å². The second-order valence-electron chi connectivity index (χ2n) is 6.52. The van der Waals surface area contributed by atoms with Crippen molar-refractivity contribution in [3.05, 3.63) is 95.1 Å². The van der Waals surface area contributed by atoms with E-state index < -0.39 is 0 Å². The van der Waals surface area contributed by atoms with Gasteiger partial charge in [-0.3, -0.25) is 4.79 Å². The number of rotatable bonds is 6. The predicted octanol–water partition coefficient (Wildman–Crippen LogP) is 5.54. The number of aromatic amines is 1. The normalized spacial score (nSPS) is 10.8. The minimum absolute atomic E-state index is 0.116. The van der Waals surface area contributed by atoms with Gasteiger partial charge in [-0.2, -0.15) is 0 Å². The van der Waals surface area contributed by atoms with Crippen molar-refractivity contribution in [3.8, 4) is 0 Å². The minimum atomic E-state index is -0.116. The van der Waals surface area contributed by atoms with Crippen molar-refractivity contribution in [2.45, 2.75) is 6.42 Å². The molecule has 0 aliphatic heterocycles. The minimum Gasteiger partial charge on any atom is -0.361 e. The second kappa shape index (κ2) is 8.19. The Kier molecular flexibility index (Phi) is 5.31. The number of anilines is 2. The standard InChI is InChI=1S/C23H20ClN3O/c24-19-9-3-6-12-22(19)27-21-11-5-2-8-18(21)23(28)25-14-13-16-15-26-20-10-4-1-7-17(16)20/h1-12,15,26-27H,13-14H2,(H,25,28). The number of carbonyl (C=O) groups excluding carboxylic acids is 1. The van der Waals surface area contributed by atoms with Crippen LogP contribution in [0.25, 0.3) is 10.9 Å². The maximum absolute atomic E-state index is 12.7. The highest BCUT2D eigenvalue weighted by Gasteiger charge is 2.12. The molecule has 3 N–H and O–H groups in total. The molecule has 0 unspecified atom stereocenters. The number of benzene rings is 3. The number of carbonyl (C=O) groups is 1. The first-order valence-corrected chi connectivity index (χ1v) is 9.54. The number of hydrogen-bond acceptors (Lipinski definition) is 2. The molecule has 140 valence electrons. The van der Waals surface area contributed by atoms with Gasteiger partial charge in [0, 0.05) is 23.6 Å². The Morgan fingerprint density at radius 1 is 0.893 bits per heavy atom. The number of para-hydroxylation sites is 3. The maximum atomic E-state index is 12.7. The van der Waals surface area contributed by atoms with Gasteiger partial charge in [-0.15, -0.1) is 0 Å². The van der Waals surface area contributed by atoms with Crippen molar-refractivity contribution in [2.75, 3.05) is 11.9 Å². The monoisotopic (exact) mass is 389 g/mol.